The maximum atomic E-state index is 13.4. The number of nitrogens with zero attached hydrogens (tertiary/aromatic N) is 4. The quantitative estimate of drug-likeness (QED) is 0.239. The lowest BCUT2D eigenvalue weighted by atomic mass is 10.1. The normalized spacial score (nSPS) is 15.7. The van der Waals surface area contributed by atoms with E-state index in [4.69, 9.17) is 23.2 Å². The summed E-state index contributed by atoms with van der Waals surface area (Å²) in [5.41, 5.74) is -0.0779. The SMILES string of the molecule is O=C(Nc1ccc(C(=O)N2CCN(C(=O)NC3CNC3)CC2)c(Cl)c1)c1ncc(Cc2c(C(F)(F)F)n[nH]c2CCCl)[nH]1. The van der Waals surface area contributed by atoms with Gasteiger partial charge in [0.1, 0.15) is 0 Å². The second-order valence-electron chi connectivity index (χ2n) is 10.1. The van der Waals surface area contributed by atoms with Gasteiger partial charge in [-0.05, 0) is 18.2 Å². The molecule has 0 aliphatic carbocycles. The van der Waals surface area contributed by atoms with Crippen molar-refractivity contribution in [2.75, 3.05) is 50.5 Å². The van der Waals surface area contributed by atoms with Crippen LogP contribution in [0.4, 0.5) is 23.7 Å². The van der Waals surface area contributed by atoms with Crippen LogP contribution in [0.15, 0.2) is 24.4 Å². The number of aromatic nitrogens is 4. The molecule has 12 nitrogen and oxygen atoms in total. The van der Waals surface area contributed by atoms with Gasteiger partial charge in [-0.2, -0.15) is 18.3 Å². The first kappa shape index (κ1) is 30.6. The van der Waals surface area contributed by atoms with Crippen LogP contribution < -0.4 is 16.0 Å². The molecule has 0 spiro atoms. The summed E-state index contributed by atoms with van der Waals surface area (Å²) in [4.78, 5) is 48.3. The molecule has 43 heavy (non-hydrogen) atoms. The van der Waals surface area contributed by atoms with E-state index in [0.29, 0.717) is 26.2 Å². The number of carbonyl (C=O) groups is 3. The van der Waals surface area contributed by atoms with Crippen LogP contribution in [-0.4, -0.2) is 99.0 Å². The molecule has 2 aliphatic rings. The fourth-order valence-corrected chi connectivity index (χ4v) is 5.23. The maximum Gasteiger partial charge on any atom is 0.435 e. The fraction of sp³-hybridized carbons (Fsp3) is 0.423. The average molecular weight is 642 g/mol. The first-order valence-corrected chi connectivity index (χ1v) is 14.3. The number of H-pyrrole nitrogens is 2. The van der Waals surface area contributed by atoms with Gasteiger partial charge in [-0.15, -0.1) is 11.6 Å². The molecule has 230 valence electrons. The number of rotatable bonds is 8. The number of halogens is 5. The Morgan fingerprint density at radius 1 is 1.09 bits per heavy atom. The van der Waals surface area contributed by atoms with E-state index in [9.17, 15) is 27.6 Å². The van der Waals surface area contributed by atoms with Crippen molar-refractivity contribution in [1.82, 2.24) is 40.6 Å². The van der Waals surface area contributed by atoms with E-state index in [-0.39, 0.29) is 75.8 Å². The molecule has 4 heterocycles. The number of urea groups is 1. The van der Waals surface area contributed by atoms with Gasteiger partial charge in [0.2, 0.25) is 0 Å². The van der Waals surface area contributed by atoms with Gasteiger partial charge in [-0.3, -0.25) is 14.7 Å². The van der Waals surface area contributed by atoms with E-state index in [1.807, 2.05) is 0 Å². The number of aryl methyl sites for hydroxylation is 1. The van der Waals surface area contributed by atoms with Gasteiger partial charge in [0.05, 0.1) is 16.6 Å². The van der Waals surface area contributed by atoms with Crippen LogP contribution in [0.2, 0.25) is 5.02 Å². The van der Waals surface area contributed by atoms with Crippen LogP contribution in [0.5, 0.6) is 0 Å². The molecule has 2 saturated heterocycles. The predicted molar refractivity (Wildman–Crippen MR) is 151 cm³/mol. The highest BCUT2D eigenvalue weighted by atomic mass is 35.5. The standard InChI is InChI=1S/C26H28Cl2F3N9O3/c27-4-3-20-18(21(38-37-20)26(29,30)31)9-15-13-33-22(34-15)23(41)35-14-1-2-17(19(28)10-14)24(42)39-5-7-40(8-6-39)25(43)36-16-11-32-12-16/h1-2,10,13,16,32H,3-9,11-12H2,(H,33,34)(H,35,41)(H,36,43)(H,37,38). The minimum Gasteiger partial charge on any atom is -0.337 e. The third kappa shape index (κ3) is 7.05. The molecule has 3 aromatic rings. The Kier molecular flexibility index (Phi) is 9.13. The molecule has 0 bridgehead atoms. The van der Waals surface area contributed by atoms with Crippen LogP contribution in [-0.2, 0) is 19.0 Å². The van der Waals surface area contributed by atoms with Crippen molar-refractivity contribution in [2.45, 2.75) is 25.1 Å². The van der Waals surface area contributed by atoms with Crippen molar-refractivity contribution in [3.63, 3.8) is 0 Å². The molecule has 4 amide bonds. The number of imidazole rings is 1. The smallest absolute Gasteiger partial charge is 0.337 e. The lowest BCUT2D eigenvalue weighted by Gasteiger charge is -2.37. The van der Waals surface area contributed by atoms with Gasteiger partial charge in [0.15, 0.2) is 11.5 Å². The number of hydrogen-bond acceptors (Lipinski definition) is 6. The zero-order valence-electron chi connectivity index (χ0n) is 22.7. The zero-order chi connectivity index (χ0) is 30.7. The van der Waals surface area contributed by atoms with E-state index in [0.717, 1.165) is 13.1 Å². The second-order valence-corrected chi connectivity index (χ2v) is 10.9. The highest BCUT2D eigenvalue weighted by molar-refractivity contribution is 6.34. The van der Waals surface area contributed by atoms with Gasteiger partial charge in [-0.1, -0.05) is 11.6 Å². The Balaban J connectivity index is 1.18. The highest BCUT2D eigenvalue weighted by Gasteiger charge is 2.38. The molecule has 0 saturated carbocycles. The van der Waals surface area contributed by atoms with Crippen molar-refractivity contribution in [3.05, 3.63) is 63.5 Å². The molecule has 1 aromatic carbocycles. The Labute approximate surface area is 253 Å². The van der Waals surface area contributed by atoms with Crippen LogP contribution in [0.3, 0.4) is 0 Å². The maximum absolute atomic E-state index is 13.4. The van der Waals surface area contributed by atoms with E-state index in [1.54, 1.807) is 9.80 Å². The lowest BCUT2D eigenvalue weighted by Crippen LogP contribution is -2.61. The Bertz CT molecular complexity index is 1500. The van der Waals surface area contributed by atoms with Crippen molar-refractivity contribution in [3.8, 4) is 0 Å². The van der Waals surface area contributed by atoms with Crippen molar-refractivity contribution < 1.29 is 27.6 Å². The zero-order valence-corrected chi connectivity index (χ0v) is 24.2. The molecule has 0 radical (unpaired) electrons. The number of carbonyl (C=O) groups excluding carboxylic acids is 3. The van der Waals surface area contributed by atoms with Gasteiger partial charge in [0, 0.05) is 86.8 Å². The van der Waals surface area contributed by atoms with Crippen molar-refractivity contribution in [1.29, 1.82) is 0 Å². The minimum absolute atomic E-state index is 0.0771. The monoisotopic (exact) mass is 641 g/mol. The topological polar surface area (TPSA) is 151 Å². The van der Waals surface area contributed by atoms with Gasteiger partial charge >= 0.3 is 12.2 Å². The summed E-state index contributed by atoms with van der Waals surface area (Å²) >= 11 is 12.1. The Hall–Kier alpha value is -3.82. The number of alkyl halides is 4. The summed E-state index contributed by atoms with van der Waals surface area (Å²) in [6.45, 7) is 2.97. The number of anilines is 1. The summed E-state index contributed by atoms with van der Waals surface area (Å²) in [5.74, 6) is -0.979. The average Bonchev–Trinajstić information content (AvgIpc) is 3.58. The largest absolute Gasteiger partial charge is 0.435 e. The predicted octanol–water partition coefficient (Wildman–Crippen LogP) is 2.87. The highest BCUT2D eigenvalue weighted by Crippen LogP contribution is 2.33. The molecule has 17 heteroatoms. The molecule has 2 aliphatic heterocycles. The van der Waals surface area contributed by atoms with Gasteiger partial charge in [-0.25, -0.2) is 9.78 Å². The lowest BCUT2D eigenvalue weighted by molar-refractivity contribution is -0.141. The Morgan fingerprint density at radius 3 is 2.44 bits per heavy atom. The van der Waals surface area contributed by atoms with Crippen molar-refractivity contribution >= 4 is 46.7 Å². The second kappa shape index (κ2) is 12.8. The first-order valence-electron chi connectivity index (χ1n) is 13.4. The number of amides is 4. The van der Waals surface area contributed by atoms with Crippen LogP contribution in [0.25, 0.3) is 0 Å². The summed E-state index contributed by atoms with van der Waals surface area (Å²) < 4.78 is 40.3. The van der Waals surface area contributed by atoms with E-state index in [2.05, 4.69) is 36.1 Å². The molecule has 5 N–H and O–H groups in total. The molecular formula is C26H28Cl2F3N9O3. The molecule has 0 unspecified atom stereocenters. The van der Waals surface area contributed by atoms with E-state index >= 15 is 0 Å². The molecule has 0 atom stereocenters. The number of benzene rings is 1. The summed E-state index contributed by atoms with van der Waals surface area (Å²) in [5, 5.41) is 14.6. The molecule has 2 fully saturated rings. The number of nitrogens with one attached hydrogen (secondary N) is 5. The van der Waals surface area contributed by atoms with E-state index < -0.39 is 17.8 Å². The van der Waals surface area contributed by atoms with E-state index in [1.165, 1.54) is 24.4 Å². The molecule has 2 aromatic heterocycles. The number of piperazine rings is 1. The summed E-state index contributed by atoms with van der Waals surface area (Å²) in [6, 6.07) is 4.40. The molecular weight excluding hydrogens is 614 g/mol. The van der Waals surface area contributed by atoms with Gasteiger partial charge < -0.3 is 30.7 Å². The van der Waals surface area contributed by atoms with Crippen LogP contribution in [0, 0.1) is 0 Å². The summed E-state index contributed by atoms with van der Waals surface area (Å²) in [7, 11) is 0. The minimum atomic E-state index is -4.67. The Morgan fingerprint density at radius 2 is 1.81 bits per heavy atom. The third-order valence-electron chi connectivity index (χ3n) is 7.20. The van der Waals surface area contributed by atoms with Crippen LogP contribution in [0.1, 0.15) is 43.6 Å². The van der Waals surface area contributed by atoms with Crippen molar-refractivity contribution in [2.24, 2.45) is 0 Å². The molecule has 5 rings (SSSR count). The number of hydrogen-bond donors (Lipinski definition) is 5. The fourth-order valence-electron chi connectivity index (χ4n) is 4.78. The first-order chi connectivity index (χ1) is 20.5. The van der Waals surface area contributed by atoms with Gasteiger partial charge in [0.25, 0.3) is 11.8 Å². The third-order valence-corrected chi connectivity index (χ3v) is 7.70. The summed E-state index contributed by atoms with van der Waals surface area (Å²) in [6.07, 6.45) is -3.43. The number of aromatic amines is 2. The van der Waals surface area contributed by atoms with Crippen LogP contribution >= 0.6 is 23.2 Å².